The zero-order valence-electron chi connectivity index (χ0n) is 9.93. The highest BCUT2D eigenvalue weighted by atomic mass is 32.2. The van der Waals surface area contributed by atoms with E-state index in [0.29, 0.717) is 6.42 Å². The Morgan fingerprint density at radius 1 is 1.50 bits per heavy atom. The molecule has 0 amide bonds. The number of sulfonamides is 1. The monoisotopic (exact) mass is 274 g/mol. The van der Waals surface area contributed by atoms with Crippen LogP contribution in [0.4, 0.5) is 10.1 Å². The third-order valence-corrected chi connectivity index (χ3v) is 4.85. The number of β-amino-alcohol motifs (C(OH)–C–C–N with tert-alkyl or cyclic N) is 1. The summed E-state index contributed by atoms with van der Waals surface area (Å²) in [7, 11) is -3.93. The van der Waals surface area contributed by atoms with Crippen molar-refractivity contribution in [3.63, 3.8) is 0 Å². The first-order valence-electron chi connectivity index (χ1n) is 5.56. The fourth-order valence-electron chi connectivity index (χ4n) is 2.02. The molecule has 1 saturated heterocycles. The van der Waals surface area contributed by atoms with E-state index in [0.717, 1.165) is 10.4 Å². The molecule has 0 spiro atoms. The lowest BCUT2D eigenvalue weighted by molar-refractivity contribution is 0.189. The van der Waals surface area contributed by atoms with Crippen molar-refractivity contribution in [3.8, 4) is 0 Å². The van der Waals surface area contributed by atoms with Crippen molar-refractivity contribution in [1.82, 2.24) is 4.31 Å². The molecule has 0 bridgehead atoms. The Labute approximate surface area is 105 Å². The zero-order chi connectivity index (χ0) is 13.5. The summed E-state index contributed by atoms with van der Waals surface area (Å²) >= 11 is 0. The summed E-state index contributed by atoms with van der Waals surface area (Å²) in [6, 6.07) is 2.50. The van der Waals surface area contributed by atoms with E-state index in [9.17, 15) is 17.9 Å². The quantitative estimate of drug-likeness (QED) is 0.768. The number of anilines is 1. The predicted molar refractivity (Wildman–Crippen MR) is 64.9 cm³/mol. The molecule has 1 heterocycles. The summed E-state index contributed by atoms with van der Waals surface area (Å²) in [5.74, 6) is -0.786. The van der Waals surface area contributed by atoms with Crippen molar-refractivity contribution in [2.24, 2.45) is 0 Å². The minimum absolute atomic E-state index is 0.00435. The lowest BCUT2D eigenvalue weighted by Crippen LogP contribution is -2.30. The van der Waals surface area contributed by atoms with Gasteiger partial charge >= 0.3 is 0 Å². The number of nitrogens with two attached hydrogens (primary N) is 1. The maximum absolute atomic E-state index is 13.9. The fourth-order valence-corrected chi connectivity index (χ4v) is 3.68. The van der Waals surface area contributed by atoms with Gasteiger partial charge in [0.05, 0.1) is 6.10 Å². The Kier molecular flexibility index (Phi) is 3.31. The zero-order valence-corrected chi connectivity index (χ0v) is 10.7. The average molecular weight is 274 g/mol. The summed E-state index contributed by atoms with van der Waals surface area (Å²) in [6.45, 7) is 1.65. The highest BCUT2D eigenvalue weighted by Gasteiger charge is 2.33. The maximum atomic E-state index is 13.9. The van der Waals surface area contributed by atoms with Crippen LogP contribution in [0.2, 0.25) is 0 Å². The molecule has 100 valence electrons. The Balaban J connectivity index is 2.48. The largest absolute Gasteiger partial charge is 0.399 e. The van der Waals surface area contributed by atoms with E-state index in [4.69, 9.17) is 5.73 Å². The van der Waals surface area contributed by atoms with E-state index in [1.54, 1.807) is 0 Å². The van der Waals surface area contributed by atoms with Crippen LogP contribution in [0.5, 0.6) is 0 Å². The molecule has 0 saturated carbocycles. The maximum Gasteiger partial charge on any atom is 0.246 e. The highest BCUT2D eigenvalue weighted by Crippen LogP contribution is 2.26. The number of aliphatic hydroxyl groups excluding tert-OH is 1. The standard InChI is InChI=1S/C11H15FN2O3S/c1-7-4-8(13)5-10(11(7)12)18(16,17)14-3-2-9(15)6-14/h4-5,9,15H,2-3,6,13H2,1H3. The molecule has 1 aliphatic rings. The van der Waals surface area contributed by atoms with E-state index in [1.807, 2.05) is 0 Å². The Morgan fingerprint density at radius 3 is 2.72 bits per heavy atom. The molecule has 1 fully saturated rings. The van der Waals surface area contributed by atoms with Crippen molar-refractivity contribution < 1.29 is 17.9 Å². The van der Waals surface area contributed by atoms with Crippen LogP contribution in [-0.4, -0.2) is 37.0 Å². The molecule has 7 heteroatoms. The van der Waals surface area contributed by atoms with Gasteiger partial charge in [-0.1, -0.05) is 0 Å². The number of halogens is 1. The first-order valence-corrected chi connectivity index (χ1v) is 7.00. The molecule has 1 aromatic rings. The number of hydrogen-bond donors (Lipinski definition) is 2. The van der Waals surface area contributed by atoms with Gasteiger partial charge in [-0.25, -0.2) is 12.8 Å². The SMILES string of the molecule is Cc1cc(N)cc(S(=O)(=O)N2CCC(O)C2)c1F. The van der Waals surface area contributed by atoms with Gasteiger partial charge in [0.15, 0.2) is 0 Å². The topological polar surface area (TPSA) is 83.6 Å². The summed E-state index contributed by atoms with van der Waals surface area (Å²) in [6.07, 6.45) is -0.327. The Morgan fingerprint density at radius 2 is 2.17 bits per heavy atom. The van der Waals surface area contributed by atoms with Crippen LogP contribution in [0.3, 0.4) is 0 Å². The second kappa shape index (κ2) is 4.49. The normalized spacial score (nSPS) is 21.4. The van der Waals surface area contributed by atoms with Gasteiger partial charge in [-0.2, -0.15) is 4.31 Å². The molecule has 3 N–H and O–H groups in total. The smallest absolute Gasteiger partial charge is 0.246 e. The summed E-state index contributed by atoms with van der Waals surface area (Å²) < 4.78 is 39.4. The first kappa shape index (κ1) is 13.3. The van der Waals surface area contributed by atoms with Gasteiger partial charge < -0.3 is 10.8 Å². The Hall–Kier alpha value is -1.18. The Bertz CT molecular complexity index is 574. The van der Waals surface area contributed by atoms with Crippen LogP contribution in [0.1, 0.15) is 12.0 Å². The minimum atomic E-state index is -3.93. The predicted octanol–water partition coefficient (Wildman–Crippen LogP) is 0.472. The van der Waals surface area contributed by atoms with Gasteiger partial charge in [0, 0.05) is 18.8 Å². The first-order chi connectivity index (χ1) is 8.32. The van der Waals surface area contributed by atoms with Crippen molar-refractivity contribution in [3.05, 3.63) is 23.5 Å². The summed E-state index contributed by atoms with van der Waals surface area (Å²) in [5.41, 5.74) is 5.94. The van der Waals surface area contributed by atoms with Gasteiger partial charge in [0.2, 0.25) is 10.0 Å². The molecule has 1 unspecified atom stereocenters. The third-order valence-electron chi connectivity index (χ3n) is 2.99. The number of benzene rings is 1. The molecule has 1 aliphatic heterocycles. The van der Waals surface area contributed by atoms with Crippen LogP contribution in [0.15, 0.2) is 17.0 Å². The highest BCUT2D eigenvalue weighted by molar-refractivity contribution is 7.89. The van der Waals surface area contributed by atoms with Crippen LogP contribution in [0, 0.1) is 12.7 Å². The lowest BCUT2D eigenvalue weighted by atomic mass is 10.2. The molecule has 5 nitrogen and oxygen atoms in total. The van der Waals surface area contributed by atoms with Gasteiger partial charge in [-0.05, 0) is 31.0 Å². The molecule has 1 aromatic carbocycles. The van der Waals surface area contributed by atoms with E-state index in [2.05, 4.69) is 0 Å². The molecule has 18 heavy (non-hydrogen) atoms. The molecular weight excluding hydrogens is 259 g/mol. The van der Waals surface area contributed by atoms with Crippen molar-refractivity contribution in [2.75, 3.05) is 18.8 Å². The molecular formula is C11H15FN2O3S. The van der Waals surface area contributed by atoms with Gasteiger partial charge in [0.25, 0.3) is 0 Å². The van der Waals surface area contributed by atoms with E-state index >= 15 is 0 Å². The minimum Gasteiger partial charge on any atom is -0.399 e. The molecule has 1 atom stereocenters. The van der Waals surface area contributed by atoms with Crippen molar-refractivity contribution in [1.29, 1.82) is 0 Å². The second-order valence-electron chi connectivity index (χ2n) is 4.46. The molecule has 0 aromatic heterocycles. The van der Waals surface area contributed by atoms with Gasteiger partial charge in [-0.3, -0.25) is 0 Å². The molecule has 2 rings (SSSR count). The summed E-state index contributed by atoms with van der Waals surface area (Å²) in [4.78, 5) is -0.422. The number of aryl methyl sites for hydroxylation is 1. The van der Waals surface area contributed by atoms with Crippen LogP contribution in [-0.2, 0) is 10.0 Å². The van der Waals surface area contributed by atoms with E-state index in [-0.39, 0.29) is 24.3 Å². The second-order valence-corrected chi connectivity index (χ2v) is 6.36. The van der Waals surface area contributed by atoms with Gasteiger partial charge in [0.1, 0.15) is 10.7 Å². The van der Waals surface area contributed by atoms with E-state index < -0.39 is 26.8 Å². The van der Waals surface area contributed by atoms with Crippen molar-refractivity contribution in [2.45, 2.75) is 24.3 Å². The van der Waals surface area contributed by atoms with Crippen LogP contribution >= 0.6 is 0 Å². The number of rotatable bonds is 2. The van der Waals surface area contributed by atoms with Crippen molar-refractivity contribution >= 4 is 15.7 Å². The fraction of sp³-hybridized carbons (Fsp3) is 0.455. The van der Waals surface area contributed by atoms with Crippen LogP contribution < -0.4 is 5.73 Å². The van der Waals surface area contributed by atoms with E-state index in [1.165, 1.54) is 13.0 Å². The average Bonchev–Trinajstić information content (AvgIpc) is 2.70. The number of nitrogen functional groups attached to an aromatic ring is 1. The number of aliphatic hydroxyl groups is 1. The lowest BCUT2D eigenvalue weighted by Gasteiger charge is -2.17. The van der Waals surface area contributed by atoms with Gasteiger partial charge in [-0.15, -0.1) is 0 Å². The third kappa shape index (κ3) is 2.21. The summed E-state index contributed by atoms with van der Waals surface area (Å²) in [5, 5.41) is 9.36. The molecule has 0 aliphatic carbocycles. The number of nitrogens with zero attached hydrogens (tertiary/aromatic N) is 1. The number of hydrogen-bond acceptors (Lipinski definition) is 4. The van der Waals surface area contributed by atoms with Crippen LogP contribution in [0.25, 0.3) is 0 Å². The molecule has 0 radical (unpaired) electrons.